The van der Waals surface area contributed by atoms with Gasteiger partial charge in [-0.05, 0) is 0 Å². The molecule has 0 nitrogen and oxygen atoms in total. The summed E-state index contributed by atoms with van der Waals surface area (Å²) in [5.41, 5.74) is 0. The first kappa shape index (κ1) is 304. The van der Waals surface area contributed by atoms with E-state index >= 15 is 0 Å². The van der Waals surface area contributed by atoms with Crippen molar-refractivity contribution in [3.8, 4) is 0 Å². The Balaban J connectivity index is 0. The smallest absolute Gasteiger partial charge is 1.00 e. The molecule has 0 N–H and O–H groups in total. The van der Waals surface area contributed by atoms with Gasteiger partial charge in [0.05, 0.1) is 0 Å². The van der Waals surface area contributed by atoms with Crippen LogP contribution in [0.1, 0.15) is 0 Å². The predicted molar refractivity (Wildman–Crippen MR) is 11.5 cm³/mol. The van der Waals surface area contributed by atoms with E-state index < -0.39 is 0 Å². The van der Waals surface area contributed by atoms with Crippen LogP contribution in [0.2, 0.25) is 0 Å². The second kappa shape index (κ2) is 255. The molecule has 0 atom stereocenters. The van der Waals surface area contributed by atoms with Crippen LogP contribution in [-0.4, -0.2) is 48.9 Å². The second-order valence-corrected chi connectivity index (χ2v) is 0. The molecule has 0 aromatic carbocycles. The third-order valence-electron chi connectivity index (χ3n) is 0. The Kier molecular flexibility index (Phi) is 5520. The normalized spacial score (nSPS) is 0. The molecule has 0 fully saturated rings. The van der Waals surface area contributed by atoms with Crippen LogP contribution in [0.3, 0.4) is 0 Å². The molecular formula is Cl5F5Nb2Sb2. The predicted octanol–water partition coefficient (Wildman–Crippen LogP) is -30.7. The first-order chi connectivity index (χ1) is 0. The van der Waals surface area contributed by atoms with Gasteiger partial charge in [0.2, 0.25) is 0 Å². The second-order valence-electron chi connectivity index (χ2n) is 0. The SMILES string of the molecule is [Cl-].[Cl-].[Cl-].[Cl-].[Cl-].[F-].[F-].[F-].[F-].[F-].[Nb+5].[Nb+5].[Sb].[Sb]. The molecule has 0 spiro atoms. The summed E-state index contributed by atoms with van der Waals surface area (Å²) in [7, 11) is 0. The van der Waals surface area contributed by atoms with Crippen LogP contribution in [0.25, 0.3) is 0 Å². The van der Waals surface area contributed by atoms with Gasteiger partial charge in [0.25, 0.3) is 0 Å². The van der Waals surface area contributed by atoms with E-state index in [2.05, 4.69) is 0 Å². The molecule has 0 saturated carbocycles. The van der Waals surface area contributed by atoms with Gasteiger partial charge >= 0.3 is 44.8 Å². The summed E-state index contributed by atoms with van der Waals surface area (Å²) in [6.45, 7) is 0. The molecule has 0 saturated heterocycles. The van der Waals surface area contributed by atoms with Crippen molar-refractivity contribution < 1.29 is 130 Å². The van der Waals surface area contributed by atoms with Crippen molar-refractivity contribution in [3.63, 3.8) is 0 Å². The maximum absolute atomic E-state index is 0. The molecule has 0 rings (SSSR count). The van der Waals surface area contributed by atoms with Crippen molar-refractivity contribution in [1.29, 1.82) is 0 Å². The first-order valence-electron chi connectivity index (χ1n) is 0. The van der Waals surface area contributed by atoms with Crippen molar-refractivity contribution in [2.24, 2.45) is 0 Å². The van der Waals surface area contributed by atoms with Crippen molar-refractivity contribution in [2.45, 2.75) is 0 Å². The fourth-order valence-electron chi connectivity index (χ4n) is 0. The van der Waals surface area contributed by atoms with Gasteiger partial charge in [-0.15, -0.1) is 0 Å². The Morgan fingerprint density at radius 1 is 0.286 bits per heavy atom. The van der Waals surface area contributed by atoms with Gasteiger partial charge in [-0.1, -0.05) is 0 Å². The van der Waals surface area contributed by atoms with E-state index in [0.29, 0.717) is 0 Å². The maximum Gasteiger partial charge on any atom is 5.00 e. The van der Waals surface area contributed by atoms with Crippen molar-refractivity contribution in [2.75, 3.05) is 0 Å². The van der Waals surface area contributed by atoms with Crippen molar-refractivity contribution in [3.05, 3.63) is 0 Å². The van der Waals surface area contributed by atoms with Crippen molar-refractivity contribution in [1.82, 2.24) is 0 Å². The number of rotatable bonds is 0. The van der Waals surface area contributed by atoms with E-state index in [-0.39, 0.29) is 179 Å². The van der Waals surface area contributed by atoms with Crippen LogP contribution < -0.4 is 85.6 Å². The summed E-state index contributed by atoms with van der Waals surface area (Å²) >= 11 is 0. The summed E-state index contributed by atoms with van der Waals surface area (Å²) in [4.78, 5) is 0. The molecule has 0 bridgehead atoms. The van der Waals surface area contributed by atoms with E-state index in [4.69, 9.17) is 0 Å². The fourth-order valence-corrected chi connectivity index (χ4v) is 0. The van der Waals surface area contributed by atoms with Gasteiger partial charge < -0.3 is 85.6 Å². The minimum atomic E-state index is 0. The average Bonchev–Trinajstić information content (AvgIpc) is 0. The van der Waals surface area contributed by atoms with Gasteiger partial charge in [0.15, 0.2) is 0 Å². The number of halogens is 10. The van der Waals surface area contributed by atoms with Crippen LogP contribution in [0, 0.1) is 0 Å². The van der Waals surface area contributed by atoms with E-state index in [1.807, 2.05) is 0 Å². The quantitative estimate of drug-likeness (QED) is 0.174. The molecule has 0 aromatic rings. The van der Waals surface area contributed by atoms with E-state index in [1.54, 1.807) is 0 Å². The Morgan fingerprint density at radius 2 is 0.286 bits per heavy atom. The molecule has 0 amide bonds. The zero-order valence-electron chi connectivity index (χ0n) is 5.57. The molecule has 0 aromatic heterocycles. The van der Waals surface area contributed by atoms with E-state index in [9.17, 15) is 0 Å². The van der Waals surface area contributed by atoms with Gasteiger partial charge in [-0.25, -0.2) is 0 Å². The molecule has 0 heterocycles. The summed E-state index contributed by atoms with van der Waals surface area (Å²) < 4.78 is 0. The third-order valence-corrected chi connectivity index (χ3v) is 0. The average molecular weight is 702 g/mol. The standard InChI is InChI=1S/5ClH.5FH.2Nb.2Sb/h10*1H;;;;/q;;;;;;;;;;2*+5;;/p-10. The molecule has 90 valence electrons. The number of hydrogen-bond acceptors (Lipinski definition) is 0. The molecule has 14 heteroatoms. The Morgan fingerprint density at radius 3 is 0.286 bits per heavy atom. The molecule has 0 unspecified atom stereocenters. The Labute approximate surface area is 176 Å². The number of hydrogen-bond donors (Lipinski definition) is 0. The third kappa shape index (κ3) is 211. The minimum Gasteiger partial charge on any atom is -1.00 e. The molecule has 0 aliphatic rings. The van der Waals surface area contributed by atoms with E-state index in [0.717, 1.165) is 0 Å². The zero-order chi connectivity index (χ0) is 0. The van der Waals surface area contributed by atoms with Gasteiger partial charge in [-0.2, -0.15) is 0 Å². The van der Waals surface area contributed by atoms with Crippen molar-refractivity contribution >= 4 is 48.9 Å². The van der Waals surface area contributed by atoms with Crippen LogP contribution in [0.4, 0.5) is 0 Å². The first-order valence-corrected chi connectivity index (χ1v) is 0. The molecule has 14 heavy (non-hydrogen) atoms. The zero-order valence-corrected chi connectivity index (χ0v) is 18.9. The molecular weight excluding hydrogens is 702 g/mol. The molecule has 0 aliphatic heterocycles. The summed E-state index contributed by atoms with van der Waals surface area (Å²) in [5.74, 6) is 0. The Hall–Kier alpha value is 4.22. The van der Waals surface area contributed by atoms with Gasteiger partial charge in [0, 0.05) is 48.9 Å². The van der Waals surface area contributed by atoms with Crippen LogP contribution in [-0.2, 0) is 44.8 Å². The summed E-state index contributed by atoms with van der Waals surface area (Å²) in [6.07, 6.45) is 0. The molecule has 6 radical (unpaired) electrons. The van der Waals surface area contributed by atoms with Gasteiger partial charge in [0.1, 0.15) is 0 Å². The molecule has 0 aliphatic carbocycles. The summed E-state index contributed by atoms with van der Waals surface area (Å²) in [5, 5.41) is 0. The van der Waals surface area contributed by atoms with Crippen LogP contribution in [0.5, 0.6) is 0 Å². The van der Waals surface area contributed by atoms with Crippen LogP contribution >= 0.6 is 0 Å². The maximum atomic E-state index is 0. The largest absolute Gasteiger partial charge is 5.00 e. The van der Waals surface area contributed by atoms with Gasteiger partial charge in [-0.3, -0.25) is 0 Å². The minimum absolute atomic E-state index is 0. The summed E-state index contributed by atoms with van der Waals surface area (Å²) in [6, 6.07) is 0. The topological polar surface area (TPSA) is 0 Å². The van der Waals surface area contributed by atoms with Crippen LogP contribution in [0.15, 0.2) is 0 Å². The Bertz CT molecular complexity index is 26.1. The van der Waals surface area contributed by atoms with E-state index in [1.165, 1.54) is 0 Å². The monoisotopic (exact) mass is 697 g/mol. The fraction of sp³-hybridized carbons (Fsp3) is 0.